The van der Waals surface area contributed by atoms with Crippen LogP contribution < -0.4 is 0 Å². The molecular weight excluding hydrogens is 182 g/mol. The lowest BCUT2D eigenvalue weighted by molar-refractivity contribution is 0.138. The van der Waals surface area contributed by atoms with E-state index in [4.69, 9.17) is 5.11 Å². The van der Waals surface area contributed by atoms with E-state index in [1.54, 1.807) is 12.4 Å². The summed E-state index contributed by atoms with van der Waals surface area (Å²) in [4.78, 5) is 19.5. The summed E-state index contributed by atoms with van der Waals surface area (Å²) in [6, 6.07) is -0.0995. The first-order valence-electron chi connectivity index (χ1n) is 4.67. The Morgan fingerprint density at radius 2 is 2.57 bits per heavy atom. The highest BCUT2D eigenvalue weighted by Crippen LogP contribution is 2.33. The van der Waals surface area contributed by atoms with Crippen molar-refractivity contribution in [1.82, 2.24) is 14.9 Å². The van der Waals surface area contributed by atoms with Gasteiger partial charge in [0.25, 0.3) is 0 Å². The second-order valence-corrected chi connectivity index (χ2v) is 3.77. The van der Waals surface area contributed by atoms with E-state index in [9.17, 15) is 4.79 Å². The van der Waals surface area contributed by atoms with E-state index < -0.39 is 6.09 Å². The van der Waals surface area contributed by atoms with Crippen molar-refractivity contribution in [1.29, 1.82) is 0 Å². The second-order valence-electron chi connectivity index (χ2n) is 3.77. The Morgan fingerprint density at radius 1 is 1.79 bits per heavy atom. The molecular formula is C9H13N3O2. The molecule has 1 saturated heterocycles. The van der Waals surface area contributed by atoms with E-state index >= 15 is 0 Å². The summed E-state index contributed by atoms with van der Waals surface area (Å²) in [5, 5.41) is 8.98. The summed E-state index contributed by atoms with van der Waals surface area (Å²) >= 11 is 0. The SMILES string of the molecule is C[C@H]1C[C@@H](c2ncc[nH]2)N(C(=O)O)C1. The van der Waals surface area contributed by atoms with Crippen LogP contribution in [-0.2, 0) is 0 Å². The minimum absolute atomic E-state index is 0.0995. The Bertz CT molecular complexity index is 323. The number of nitrogens with zero attached hydrogens (tertiary/aromatic N) is 2. The molecule has 76 valence electrons. The van der Waals surface area contributed by atoms with Crippen LogP contribution in [0.1, 0.15) is 25.2 Å². The summed E-state index contributed by atoms with van der Waals surface area (Å²) in [6.45, 7) is 2.65. The maximum Gasteiger partial charge on any atom is 0.407 e. The third kappa shape index (κ3) is 1.45. The molecule has 14 heavy (non-hydrogen) atoms. The minimum Gasteiger partial charge on any atom is -0.465 e. The standard InChI is InChI=1S/C9H13N3O2/c1-6-4-7(8-10-2-3-11-8)12(5-6)9(13)14/h2-3,6-7H,4-5H2,1H3,(H,10,11)(H,13,14)/t6-,7-/m0/s1. The van der Waals surface area contributed by atoms with Crippen molar-refractivity contribution in [3.63, 3.8) is 0 Å². The third-order valence-corrected chi connectivity index (χ3v) is 2.59. The van der Waals surface area contributed by atoms with Crippen LogP contribution in [0.3, 0.4) is 0 Å². The zero-order valence-electron chi connectivity index (χ0n) is 7.97. The Balaban J connectivity index is 2.21. The Labute approximate surface area is 81.8 Å². The topological polar surface area (TPSA) is 69.2 Å². The largest absolute Gasteiger partial charge is 0.465 e. The van der Waals surface area contributed by atoms with Crippen LogP contribution in [0.5, 0.6) is 0 Å². The minimum atomic E-state index is -0.865. The van der Waals surface area contributed by atoms with Gasteiger partial charge < -0.3 is 10.1 Å². The number of carboxylic acid groups (broad SMARTS) is 1. The van der Waals surface area contributed by atoms with E-state index in [0.29, 0.717) is 12.5 Å². The van der Waals surface area contributed by atoms with Crippen molar-refractivity contribution < 1.29 is 9.90 Å². The molecule has 0 spiro atoms. The zero-order valence-corrected chi connectivity index (χ0v) is 7.97. The van der Waals surface area contributed by atoms with Crippen LogP contribution in [-0.4, -0.2) is 32.6 Å². The molecule has 2 atom stereocenters. The Hall–Kier alpha value is -1.52. The first kappa shape index (κ1) is 9.05. The molecule has 5 nitrogen and oxygen atoms in total. The number of amides is 1. The van der Waals surface area contributed by atoms with Gasteiger partial charge in [0.1, 0.15) is 5.82 Å². The zero-order chi connectivity index (χ0) is 10.1. The molecule has 1 amide bonds. The van der Waals surface area contributed by atoms with Crippen molar-refractivity contribution in [2.24, 2.45) is 5.92 Å². The van der Waals surface area contributed by atoms with Gasteiger partial charge in [-0.2, -0.15) is 0 Å². The lowest BCUT2D eigenvalue weighted by Crippen LogP contribution is -2.29. The van der Waals surface area contributed by atoms with Crippen LogP contribution in [0.2, 0.25) is 0 Å². The summed E-state index contributed by atoms with van der Waals surface area (Å²) in [6.07, 6.45) is 3.35. The van der Waals surface area contributed by atoms with Crippen LogP contribution in [0.25, 0.3) is 0 Å². The molecule has 1 aliphatic rings. The predicted octanol–water partition coefficient (Wildman–Crippen LogP) is 1.47. The maximum absolute atomic E-state index is 10.9. The predicted molar refractivity (Wildman–Crippen MR) is 49.8 cm³/mol. The summed E-state index contributed by atoms with van der Waals surface area (Å²) in [5.74, 6) is 1.15. The van der Waals surface area contributed by atoms with Gasteiger partial charge in [-0.05, 0) is 12.3 Å². The number of aromatic nitrogens is 2. The molecule has 0 radical (unpaired) electrons. The van der Waals surface area contributed by atoms with Crippen molar-refractivity contribution in [2.45, 2.75) is 19.4 Å². The third-order valence-electron chi connectivity index (χ3n) is 2.59. The van der Waals surface area contributed by atoms with Crippen molar-refractivity contribution in [3.8, 4) is 0 Å². The number of aromatic amines is 1. The molecule has 2 rings (SSSR count). The van der Waals surface area contributed by atoms with E-state index in [2.05, 4.69) is 16.9 Å². The quantitative estimate of drug-likeness (QED) is 0.713. The Kier molecular flexibility index (Phi) is 2.15. The molecule has 5 heteroatoms. The number of hydrogen-bond donors (Lipinski definition) is 2. The van der Waals surface area contributed by atoms with Crippen molar-refractivity contribution in [2.75, 3.05) is 6.54 Å². The van der Waals surface area contributed by atoms with Gasteiger partial charge in [-0.15, -0.1) is 0 Å². The number of nitrogens with one attached hydrogen (secondary N) is 1. The fourth-order valence-electron chi connectivity index (χ4n) is 1.98. The molecule has 1 fully saturated rings. The van der Waals surface area contributed by atoms with Crippen molar-refractivity contribution in [3.05, 3.63) is 18.2 Å². The van der Waals surface area contributed by atoms with Gasteiger partial charge in [0.05, 0.1) is 6.04 Å². The average molecular weight is 195 g/mol. The Morgan fingerprint density at radius 3 is 3.14 bits per heavy atom. The van der Waals surface area contributed by atoms with E-state index in [1.807, 2.05) is 0 Å². The van der Waals surface area contributed by atoms with Gasteiger partial charge in [0.15, 0.2) is 0 Å². The smallest absolute Gasteiger partial charge is 0.407 e. The number of carbonyl (C=O) groups is 1. The molecule has 2 N–H and O–H groups in total. The number of hydrogen-bond acceptors (Lipinski definition) is 2. The van der Waals surface area contributed by atoms with Crippen molar-refractivity contribution >= 4 is 6.09 Å². The molecule has 0 aliphatic carbocycles. The number of imidazole rings is 1. The highest BCUT2D eigenvalue weighted by atomic mass is 16.4. The molecule has 0 unspecified atom stereocenters. The fraction of sp³-hybridized carbons (Fsp3) is 0.556. The normalized spacial score (nSPS) is 26.8. The monoisotopic (exact) mass is 195 g/mol. The van der Waals surface area contributed by atoms with E-state index in [0.717, 1.165) is 12.2 Å². The number of H-pyrrole nitrogens is 1. The van der Waals surface area contributed by atoms with Crippen LogP contribution >= 0.6 is 0 Å². The highest BCUT2D eigenvalue weighted by Gasteiger charge is 2.35. The van der Waals surface area contributed by atoms with Crippen LogP contribution in [0.15, 0.2) is 12.4 Å². The highest BCUT2D eigenvalue weighted by molar-refractivity contribution is 5.66. The number of likely N-dealkylation sites (tertiary alicyclic amines) is 1. The molecule has 0 saturated carbocycles. The maximum atomic E-state index is 10.9. The molecule has 1 aromatic rings. The molecule has 2 heterocycles. The van der Waals surface area contributed by atoms with Crippen LogP contribution in [0.4, 0.5) is 4.79 Å². The van der Waals surface area contributed by atoms with Gasteiger partial charge in [-0.25, -0.2) is 9.78 Å². The summed E-state index contributed by atoms with van der Waals surface area (Å²) in [7, 11) is 0. The van der Waals surface area contributed by atoms with Gasteiger partial charge in [0.2, 0.25) is 0 Å². The summed E-state index contributed by atoms with van der Waals surface area (Å²) in [5.41, 5.74) is 0. The van der Waals surface area contributed by atoms with E-state index in [-0.39, 0.29) is 6.04 Å². The van der Waals surface area contributed by atoms with Gasteiger partial charge in [0, 0.05) is 18.9 Å². The summed E-state index contributed by atoms with van der Waals surface area (Å²) < 4.78 is 0. The van der Waals surface area contributed by atoms with Gasteiger partial charge in [-0.1, -0.05) is 6.92 Å². The number of rotatable bonds is 1. The molecule has 1 aromatic heterocycles. The average Bonchev–Trinajstić information content (AvgIpc) is 2.70. The lowest BCUT2D eigenvalue weighted by atomic mass is 10.1. The van der Waals surface area contributed by atoms with E-state index in [1.165, 1.54) is 4.90 Å². The molecule has 0 aromatic carbocycles. The molecule has 0 bridgehead atoms. The van der Waals surface area contributed by atoms with Gasteiger partial charge in [-0.3, -0.25) is 4.90 Å². The fourth-order valence-corrected chi connectivity index (χ4v) is 1.98. The molecule has 1 aliphatic heterocycles. The first-order chi connectivity index (χ1) is 6.68. The van der Waals surface area contributed by atoms with Crippen LogP contribution in [0, 0.1) is 5.92 Å². The lowest BCUT2D eigenvalue weighted by Gasteiger charge is -2.19. The van der Waals surface area contributed by atoms with Gasteiger partial charge >= 0.3 is 6.09 Å². The second kappa shape index (κ2) is 3.32. The first-order valence-corrected chi connectivity index (χ1v) is 4.67.